The number of ether oxygens (including phenoxy) is 1. The van der Waals surface area contributed by atoms with Crippen molar-refractivity contribution in [1.29, 1.82) is 0 Å². The lowest BCUT2D eigenvalue weighted by Gasteiger charge is -2.55. The molecule has 0 aromatic heterocycles. The van der Waals surface area contributed by atoms with Crippen LogP contribution in [0.4, 0.5) is 5.69 Å². The molecule has 4 bridgehead atoms. The highest BCUT2D eigenvalue weighted by atomic mass is 32.3. The summed E-state index contributed by atoms with van der Waals surface area (Å²) in [6.45, 7) is 1.05. The highest BCUT2D eigenvalue weighted by Gasteiger charge is 2.48. The SMILES string of the molecule is COc1cccc(N2CCCN(CC(=O)NC3C4CC5CC(C4)CC3C5)S2(O)O)c1. The summed E-state index contributed by atoms with van der Waals surface area (Å²) in [5.74, 6) is 3.54. The van der Waals surface area contributed by atoms with Gasteiger partial charge >= 0.3 is 0 Å². The number of carbonyl (C=O) groups excluding carboxylic acids is 1. The second-order valence-electron chi connectivity index (χ2n) is 9.53. The van der Waals surface area contributed by atoms with E-state index in [0.29, 0.717) is 36.4 Å². The molecular weight excluding hydrogens is 402 g/mol. The van der Waals surface area contributed by atoms with Crippen molar-refractivity contribution in [2.24, 2.45) is 23.7 Å². The van der Waals surface area contributed by atoms with Crippen molar-refractivity contribution >= 4 is 22.6 Å². The molecule has 30 heavy (non-hydrogen) atoms. The molecule has 166 valence electrons. The minimum absolute atomic E-state index is 0.0194. The van der Waals surface area contributed by atoms with Crippen LogP contribution in [-0.4, -0.2) is 52.1 Å². The first-order chi connectivity index (χ1) is 14.4. The number of rotatable bonds is 5. The molecule has 1 saturated heterocycles. The Balaban J connectivity index is 1.25. The number of anilines is 1. The average molecular weight is 436 g/mol. The van der Waals surface area contributed by atoms with Crippen molar-refractivity contribution in [2.75, 3.05) is 31.0 Å². The Morgan fingerprint density at radius 2 is 1.83 bits per heavy atom. The quantitative estimate of drug-likeness (QED) is 0.654. The van der Waals surface area contributed by atoms with Crippen LogP contribution in [-0.2, 0) is 4.79 Å². The molecule has 3 N–H and O–H groups in total. The Bertz CT molecular complexity index is 776. The predicted molar refractivity (Wildman–Crippen MR) is 118 cm³/mol. The van der Waals surface area contributed by atoms with E-state index in [2.05, 4.69) is 5.32 Å². The number of carbonyl (C=O) groups is 1. The monoisotopic (exact) mass is 435 g/mol. The maximum atomic E-state index is 12.9. The Hall–Kier alpha value is -1.48. The fourth-order valence-electron chi connectivity index (χ4n) is 6.53. The molecule has 1 heterocycles. The van der Waals surface area contributed by atoms with E-state index < -0.39 is 11.0 Å². The van der Waals surface area contributed by atoms with Crippen LogP contribution in [0.3, 0.4) is 0 Å². The summed E-state index contributed by atoms with van der Waals surface area (Å²) >= 11 is 0. The van der Waals surface area contributed by atoms with E-state index in [1.54, 1.807) is 21.8 Å². The van der Waals surface area contributed by atoms with Gasteiger partial charge in [-0.05, 0) is 74.3 Å². The van der Waals surface area contributed by atoms with Crippen LogP contribution in [0, 0.1) is 23.7 Å². The standard InChI is InChI=1S/C22H33N3O4S/c1-29-20-5-2-4-19(13-20)25-7-3-6-24(30(25,27)28)14-21(26)23-22-17-9-15-8-16(11-17)12-18(22)10-15/h2,4-5,13,15-18,22,27-28H,3,6-12,14H2,1H3,(H,23,26). The van der Waals surface area contributed by atoms with E-state index in [-0.39, 0.29) is 18.5 Å². The molecule has 8 heteroatoms. The van der Waals surface area contributed by atoms with E-state index in [1.165, 1.54) is 32.1 Å². The maximum Gasteiger partial charge on any atom is 0.236 e. The van der Waals surface area contributed by atoms with E-state index >= 15 is 0 Å². The first-order valence-corrected chi connectivity index (χ1v) is 12.6. The Kier molecular flexibility index (Phi) is 5.37. The lowest BCUT2D eigenvalue weighted by molar-refractivity contribution is -0.125. The smallest absolute Gasteiger partial charge is 0.236 e. The molecule has 5 fully saturated rings. The zero-order valence-electron chi connectivity index (χ0n) is 17.6. The van der Waals surface area contributed by atoms with Crippen LogP contribution in [0.25, 0.3) is 0 Å². The fraction of sp³-hybridized carbons (Fsp3) is 0.682. The zero-order valence-corrected chi connectivity index (χ0v) is 18.4. The van der Waals surface area contributed by atoms with Crippen LogP contribution in [0.5, 0.6) is 5.75 Å². The van der Waals surface area contributed by atoms with Crippen molar-refractivity contribution in [1.82, 2.24) is 9.62 Å². The Morgan fingerprint density at radius 1 is 1.13 bits per heavy atom. The fourth-order valence-corrected chi connectivity index (χ4v) is 8.24. The molecule has 7 nitrogen and oxygen atoms in total. The second kappa shape index (κ2) is 7.89. The number of methoxy groups -OCH3 is 1. The van der Waals surface area contributed by atoms with Gasteiger partial charge in [-0.2, -0.15) is 4.31 Å². The predicted octanol–water partition coefficient (Wildman–Crippen LogP) is 3.73. The molecular formula is C22H33N3O4S. The van der Waals surface area contributed by atoms with E-state index in [9.17, 15) is 13.9 Å². The third-order valence-electron chi connectivity index (χ3n) is 7.63. The van der Waals surface area contributed by atoms with Crippen molar-refractivity contribution in [3.63, 3.8) is 0 Å². The first kappa shape index (κ1) is 20.4. The number of benzene rings is 1. The summed E-state index contributed by atoms with van der Waals surface area (Å²) in [4.78, 5) is 12.9. The van der Waals surface area contributed by atoms with Gasteiger partial charge in [-0.1, -0.05) is 17.0 Å². The van der Waals surface area contributed by atoms with Gasteiger partial charge in [-0.25, -0.2) is 0 Å². The average Bonchev–Trinajstić information content (AvgIpc) is 2.71. The van der Waals surface area contributed by atoms with Crippen LogP contribution >= 0.6 is 11.0 Å². The van der Waals surface area contributed by atoms with Gasteiger partial charge in [0.1, 0.15) is 5.75 Å². The van der Waals surface area contributed by atoms with Gasteiger partial charge in [0, 0.05) is 25.2 Å². The summed E-state index contributed by atoms with van der Waals surface area (Å²) < 4.78 is 30.5. The number of hydrogen-bond donors (Lipinski definition) is 3. The minimum Gasteiger partial charge on any atom is -0.497 e. The highest BCUT2D eigenvalue weighted by Crippen LogP contribution is 2.54. The van der Waals surface area contributed by atoms with Crippen LogP contribution in [0.2, 0.25) is 0 Å². The van der Waals surface area contributed by atoms with Crippen LogP contribution in [0.1, 0.15) is 38.5 Å². The molecule has 0 radical (unpaired) electrons. The third kappa shape index (κ3) is 3.68. The molecule has 5 aliphatic rings. The van der Waals surface area contributed by atoms with Crippen molar-refractivity contribution in [2.45, 2.75) is 44.6 Å². The molecule has 1 aromatic rings. The lowest BCUT2D eigenvalue weighted by Crippen LogP contribution is -2.57. The second-order valence-corrected chi connectivity index (χ2v) is 11.5. The molecule has 0 atom stereocenters. The topological polar surface area (TPSA) is 85.3 Å². The lowest BCUT2D eigenvalue weighted by atomic mass is 9.54. The van der Waals surface area contributed by atoms with Crippen LogP contribution in [0.15, 0.2) is 24.3 Å². The first-order valence-electron chi connectivity index (χ1n) is 11.2. The molecule has 1 aliphatic heterocycles. The molecule has 1 amide bonds. The minimum atomic E-state index is -3.25. The van der Waals surface area contributed by atoms with Crippen molar-refractivity contribution in [3.8, 4) is 5.75 Å². The van der Waals surface area contributed by atoms with E-state index in [4.69, 9.17) is 4.74 Å². The zero-order chi connectivity index (χ0) is 20.9. The molecule has 0 spiro atoms. The van der Waals surface area contributed by atoms with Gasteiger partial charge in [-0.3, -0.25) is 18.2 Å². The molecule has 4 saturated carbocycles. The van der Waals surface area contributed by atoms with Gasteiger partial charge in [0.05, 0.1) is 19.3 Å². The Labute approximate surface area is 180 Å². The largest absolute Gasteiger partial charge is 0.497 e. The molecule has 6 rings (SSSR count). The van der Waals surface area contributed by atoms with Crippen molar-refractivity contribution < 1.29 is 18.6 Å². The van der Waals surface area contributed by atoms with Gasteiger partial charge in [0.25, 0.3) is 0 Å². The highest BCUT2D eigenvalue weighted by molar-refractivity contribution is 8.23. The van der Waals surface area contributed by atoms with Crippen molar-refractivity contribution in [3.05, 3.63) is 24.3 Å². The van der Waals surface area contributed by atoms with Gasteiger partial charge in [-0.15, -0.1) is 0 Å². The van der Waals surface area contributed by atoms with E-state index in [1.807, 2.05) is 18.2 Å². The van der Waals surface area contributed by atoms with Gasteiger partial charge in [0.2, 0.25) is 5.91 Å². The summed E-state index contributed by atoms with van der Waals surface area (Å²) in [7, 11) is -1.66. The number of nitrogens with zero attached hydrogens (tertiary/aromatic N) is 2. The van der Waals surface area contributed by atoms with Gasteiger partial charge < -0.3 is 10.1 Å². The molecule has 1 aromatic carbocycles. The normalized spacial score (nSPS) is 35.8. The summed E-state index contributed by atoms with van der Waals surface area (Å²) in [6, 6.07) is 7.57. The summed E-state index contributed by atoms with van der Waals surface area (Å²) in [5, 5.41) is 3.29. The van der Waals surface area contributed by atoms with Crippen LogP contribution < -0.4 is 14.4 Å². The number of hydrogen-bond acceptors (Lipinski definition) is 6. The number of nitrogens with one attached hydrogen (secondary N) is 1. The third-order valence-corrected chi connectivity index (χ3v) is 9.62. The van der Waals surface area contributed by atoms with Gasteiger partial charge in [0.15, 0.2) is 0 Å². The van der Waals surface area contributed by atoms with E-state index in [0.717, 1.165) is 18.3 Å². The summed E-state index contributed by atoms with van der Waals surface area (Å²) in [6.07, 6.45) is 7.16. The number of amides is 1. The maximum absolute atomic E-state index is 12.9. The Morgan fingerprint density at radius 3 is 2.50 bits per heavy atom. The molecule has 4 aliphatic carbocycles. The summed E-state index contributed by atoms with van der Waals surface area (Å²) in [5.41, 5.74) is 0.695. The molecule has 0 unspecified atom stereocenters.